The Morgan fingerprint density at radius 2 is 2.00 bits per heavy atom. The molecule has 0 spiro atoms. The van der Waals surface area contributed by atoms with E-state index in [9.17, 15) is 0 Å². The molecule has 1 atom stereocenters. The summed E-state index contributed by atoms with van der Waals surface area (Å²) in [5, 5.41) is 3.34. The van der Waals surface area contributed by atoms with E-state index in [1.165, 1.54) is 6.42 Å². The van der Waals surface area contributed by atoms with Gasteiger partial charge in [-0.3, -0.25) is 0 Å². The zero-order chi connectivity index (χ0) is 7.98. The number of likely N-dealkylation sites (N-methyl/N-ethyl adjacent to an activating group) is 1. The van der Waals surface area contributed by atoms with E-state index in [2.05, 4.69) is 26.1 Å². The van der Waals surface area contributed by atoms with Crippen LogP contribution in [-0.4, -0.2) is 19.1 Å². The number of nitrogens with one attached hydrogen (secondary N) is 1. The summed E-state index contributed by atoms with van der Waals surface area (Å²) in [5.41, 5.74) is 5.54. The van der Waals surface area contributed by atoms with Crippen molar-refractivity contribution in [1.82, 2.24) is 5.32 Å². The fourth-order valence-corrected chi connectivity index (χ4v) is 1.12. The molecule has 0 heterocycles. The summed E-state index contributed by atoms with van der Waals surface area (Å²) >= 11 is 0. The van der Waals surface area contributed by atoms with Crippen LogP contribution in [0.3, 0.4) is 0 Å². The lowest BCUT2D eigenvalue weighted by Gasteiger charge is -2.17. The normalized spacial score (nSPS) is 14.1. The van der Waals surface area contributed by atoms with Gasteiger partial charge in [0.25, 0.3) is 0 Å². The van der Waals surface area contributed by atoms with Gasteiger partial charge in [0.1, 0.15) is 0 Å². The lowest BCUT2D eigenvalue weighted by Crippen LogP contribution is -2.36. The number of nitrogens with two attached hydrogens (primary N) is 1. The van der Waals surface area contributed by atoms with Crippen molar-refractivity contribution in [2.75, 3.05) is 13.1 Å². The second kappa shape index (κ2) is 5.69. The highest BCUT2D eigenvalue weighted by Crippen LogP contribution is 2.02. The first-order valence-corrected chi connectivity index (χ1v) is 4.14. The maximum absolute atomic E-state index is 5.54. The second-order valence-corrected chi connectivity index (χ2v) is 3.12. The lowest BCUT2D eigenvalue weighted by atomic mass is 10.0. The van der Waals surface area contributed by atoms with E-state index in [0.29, 0.717) is 6.04 Å². The summed E-state index contributed by atoms with van der Waals surface area (Å²) in [6.07, 6.45) is 1.18. The number of hydrogen-bond acceptors (Lipinski definition) is 2. The average Bonchev–Trinajstić information content (AvgIpc) is 1.86. The van der Waals surface area contributed by atoms with Crippen LogP contribution in [0.1, 0.15) is 27.2 Å². The van der Waals surface area contributed by atoms with Crippen molar-refractivity contribution in [2.45, 2.75) is 33.2 Å². The molecule has 0 bridgehead atoms. The minimum absolute atomic E-state index is 0.519. The molecular weight excluding hydrogens is 124 g/mol. The van der Waals surface area contributed by atoms with E-state index in [0.717, 1.165) is 19.0 Å². The summed E-state index contributed by atoms with van der Waals surface area (Å²) in [6, 6.07) is 0.519. The van der Waals surface area contributed by atoms with Gasteiger partial charge in [-0.1, -0.05) is 20.8 Å². The Morgan fingerprint density at radius 1 is 1.40 bits per heavy atom. The quantitative estimate of drug-likeness (QED) is 0.603. The molecule has 0 aromatic heterocycles. The van der Waals surface area contributed by atoms with Gasteiger partial charge in [-0.25, -0.2) is 0 Å². The fraction of sp³-hybridized carbons (Fsp3) is 1.00. The topological polar surface area (TPSA) is 38.0 Å². The van der Waals surface area contributed by atoms with Crippen molar-refractivity contribution < 1.29 is 0 Å². The molecule has 0 aromatic rings. The van der Waals surface area contributed by atoms with Crippen LogP contribution in [0.5, 0.6) is 0 Å². The van der Waals surface area contributed by atoms with Crippen molar-refractivity contribution in [3.63, 3.8) is 0 Å². The third-order valence-corrected chi connectivity index (χ3v) is 1.53. The Balaban J connectivity index is 3.39. The molecule has 2 nitrogen and oxygen atoms in total. The van der Waals surface area contributed by atoms with E-state index < -0.39 is 0 Å². The van der Waals surface area contributed by atoms with Crippen LogP contribution in [0.15, 0.2) is 0 Å². The third-order valence-electron chi connectivity index (χ3n) is 1.53. The van der Waals surface area contributed by atoms with Gasteiger partial charge in [-0.05, 0) is 18.9 Å². The van der Waals surface area contributed by atoms with Gasteiger partial charge >= 0.3 is 0 Å². The molecule has 0 saturated carbocycles. The number of rotatable bonds is 5. The standard InChI is InChI=1S/C8H20N2/c1-4-10-8(6-9)5-7(2)3/h7-8,10H,4-6,9H2,1-3H3. The van der Waals surface area contributed by atoms with Gasteiger partial charge in [-0.15, -0.1) is 0 Å². The van der Waals surface area contributed by atoms with E-state index >= 15 is 0 Å². The molecule has 0 fully saturated rings. The molecule has 0 radical (unpaired) electrons. The summed E-state index contributed by atoms with van der Waals surface area (Å²) < 4.78 is 0. The van der Waals surface area contributed by atoms with Crippen molar-refractivity contribution in [1.29, 1.82) is 0 Å². The molecule has 0 rings (SSSR count). The lowest BCUT2D eigenvalue weighted by molar-refractivity contribution is 0.432. The van der Waals surface area contributed by atoms with E-state index in [4.69, 9.17) is 5.73 Å². The van der Waals surface area contributed by atoms with Crippen LogP contribution in [0.4, 0.5) is 0 Å². The first-order chi connectivity index (χ1) is 4.70. The summed E-state index contributed by atoms with van der Waals surface area (Å²) in [7, 11) is 0. The highest BCUT2D eigenvalue weighted by molar-refractivity contribution is 4.67. The predicted molar refractivity (Wildman–Crippen MR) is 46.0 cm³/mol. The molecule has 1 unspecified atom stereocenters. The molecule has 0 aliphatic carbocycles. The second-order valence-electron chi connectivity index (χ2n) is 3.12. The summed E-state index contributed by atoms with van der Waals surface area (Å²) in [6.45, 7) is 8.34. The Labute approximate surface area is 64.2 Å². The van der Waals surface area contributed by atoms with Gasteiger partial charge in [0.15, 0.2) is 0 Å². The van der Waals surface area contributed by atoms with E-state index in [1.54, 1.807) is 0 Å². The van der Waals surface area contributed by atoms with Gasteiger partial charge in [0, 0.05) is 12.6 Å². The van der Waals surface area contributed by atoms with Crippen molar-refractivity contribution in [3.05, 3.63) is 0 Å². The minimum atomic E-state index is 0.519. The maximum atomic E-state index is 5.54. The molecular formula is C8H20N2. The van der Waals surface area contributed by atoms with Crippen molar-refractivity contribution >= 4 is 0 Å². The van der Waals surface area contributed by atoms with Crippen LogP contribution >= 0.6 is 0 Å². The molecule has 3 N–H and O–H groups in total. The maximum Gasteiger partial charge on any atom is 0.0192 e. The Bertz CT molecular complexity index is 71.7. The molecule has 2 heteroatoms. The van der Waals surface area contributed by atoms with E-state index in [-0.39, 0.29) is 0 Å². The van der Waals surface area contributed by atoms with Crippen molar-refractivity contribution in [3.8, 4) is 0 Å². The first kappa shape index (κ1) is 9.92. The molecule has 0 amide bonds. The van der Waals surface area contributed by atoms with Crippen LogP contribution in [-0.2, 0) is 0 Å². The van der Waals surface area contributed by atoms with Crippen LogP contribution in [0.2, 0.25) is 0 Å². The van der Waals surface area contributed by atoms with Gasteiger partial charge in [-0.2, -0.15) is 0 Å². The highest BCUT2D eigenvalue weighted by atomic mass is 14.9. The predicted octanol–water partition coefficient (Wildman–Crippen LogP) is 0.969. The van der Waals surface area contributed by atoms with Crippen molar-refractivity contribution in [2.24, 2.45) is 11.7 Å². The zero-order valence-corrected chi connectivity index (χ0v) is 7.35. The van der Waals surface area contributed by atoms with Gasteiger partial charge < -0.3 is 11.1 Å². The molecule has 62 valence electrons. The fourth-order valence-electron chi connectivity index (χ4n) is 1.12. The van der Waals surface area contributed by atoms with Gasteiger partial charge in [0.05, 0.1) is 0 Å². The minimum Gasteiger partial charge on any atom is -0.329 e. The average molecular weight is 144 g/mol. The first-order valence-electron chi connectivity index (χ1n) is 4.14. The van der Waals surface area contributed by atoms with Crippen LogP contribution in [0, 0.1) is 5.92 Å². The SMILES string of the molecule is CCNC(CN)CC(C)C. The molecule has 0 aliphatic heterocycles. The Morgan fingerprint density at radius 3 is 2.30 bits per heavy atom. The molecule has 0 saturated heterocycles. The monoisotopic (exact) mass is 144 g/mol. The van der Waals surface area contributed by atoms with Crippen LogP contribution < -0.4 is 11.1 Å². The highest BCUT2D eigenvalue weighted by Gasteiger charge is 2.05. The number of hydrogen-bond donors (Lipinski definition) is 2. The summed E-state index contributed by atoms with van der Waals surface area (Å²) in [4.78, 5) is 0. The molecule has 0 aliphatic rings. The Kier molecular flexibility index (Phi) is 5.64. The molecule has 10 heavy (non-hydrogen) atoms. The molecule has 0 aromatic carbocycles. The Hall–Kier alpha value is -0.0800. The third kappa shape index (κ3) is 4.77. The van der Waals surface area contributed by atoms with Crippen LogP contribution in [0.25, 0.3) is 0 Å². The zero-order valence-electron chi connectivity index (χ0n) is 7.35. The smallest absolute Gasteiger partial charge is 0.0192 e. The summed E-state index contributed by atoms with van der Waals surface area (Å²) in [5.74, 6) is 0.743. The van der Waals surface area contributed by atoms with Gasteiger partial charge in [0.2, 0.25) is 0 Å². The largest absolute Gasteiger partial charge is 0.329 e. The van der Waals surface area contributed by atoms with E-state index in [1.807, 2.05) is 0 Å².